The van der Waals surface area contributed by atoms with Crippen LogP contribution in [0.2, 0.25) is 0 Å². The van der Waals surface area contributed by atoms with Gasteiger partial charge in [-0.2, -0.15) is 0 Å². The van der Waals surface area contributed by atoms with Gasteiger partial charge in [-0.15, -0.1) is 0 Å². The van der Waals surface area contributed by atoms with Gasteiger partial charge in [0.25, 0.3) is 0 Å². The van der Waals surface area contributed by atoms with Crippen LogP contribution >= 0.6 is 0 Å². The highest BCUT2D eigenvalue weighted by atomic mass is 16.5. The highest BCUT2D eigenvalue weighted by Gasteiger charge is 2.02. The Kier molecular flexibility index (Phi) is 4.68. The van der Waals surface area contributed by atoms with Gasteiger partial charge in [0, 0.05) is 12.1 Å². The zero-order valence-corrected chi connectivity index (χ0v) is 9.03. The first kappa shape index (κ1) is 11.6. The second-order valence-electron chi connectivity index (χ2n) is 3.47. The summed E-state index contributed by atoms with van der Waals surface area (Å²) in [5, 5.41) is 0. The van der Waals surface area contributed by atoms with Gasteiger partial charge in [-0.25, -0.2) is 0 Å². The number of benzene rings is 1. The van der Waals surface area contributed by atoms with Crippen molar-refractivity contribution in [3.8, 4) is 0 Å². The van der Waals surface area contributed by atoms with Gasteiger partial charge in [0.1, 0.15) is 0 Å². The number of carbonyl (C=O) groups excluding carboxylic acids is 1. The lowest BCUT2D eigenvalue weighted by molar-refractivity contribution is -0.143. The highest BCUT2D eigenvalue weighted by molar-refractivity contribution is 5.69. The van der Waals surface area contributed by atoms with Crippen molar-refractivity contribution in [2.24, 2.45) is 0 Å². The molecule has 2 N–H and O–H groups in total. The minimum absolute atomic E-state index is 0.140. The van der Waals surface area contributed by atoms with Crippen molar-refractivity contribution in [3.05, 3.63) is 29.8 Å². The molecule has 3 nitrogen and oxygen atoms in total. The molecule has 1 rings (SSSR count). The molecule has 0 saturated heterocycles. The molecule has 3 heteroatoms. The fraction of sp³-hybridized carbons (Fsp3) is 0.417. The van der Waals surface area contributed by atoms with Crippen molar-refractivity contribution in [3.63, 3.8) is 0 Å². The maximum Gasteiger partial charge on any atom is 0.306 e. The Bertz CT molecular complexity index is 323. The minimum Gasteiger partial charge on any atom is -0.466 e. The molecule has 1 aromatic carbocycles. The molecule has 82 valence electrons. The smallest absolute Gasteiger partial charge is 0.306 e. The third kappa shape index (κ3) is 4.49. The standard InChI is InChI=1S/C12H17NO2/c1-2-8-15-12(14)7-6-10-4-3-5-11(13)9-10/h3-5,9H,2,6-8,13H2,1H3. The third-order valence-electron chi connectivity index (χ3n) is 2.04. The van der Waals surface area contributed by atoms with E-state index in [1.54, 1.807) is 0 Å². The highest BCUT2D eigenvalue weighted by Crippen LogP contribution is 2.09. The van der Waals surface area contributed by atoms with E-state index in [1.165, 1.54) is 0 Å². The minimum atomic E-state index is -0.140. The molecule has 1 aromatic rings. The topological polar surface area (TPSA) is 52.3 Å². The lowest BCUT2D eigenvalue weighted by Crippen LogP contribution is -2.06. The van der Waals surface area contributed by atoms with E-state index in [0.717, 1.165) is 17.7 Å². The molecule has 0 fully saturated rings. The molecule has 0 radical (unpaired) electrons. The van der Waals surface area contributed by atoms with Gasteiger partial charge in [-0.05, 0) is 30.5 Å². The van der Waals surface area contributed by atoms with Crippen molar-refractivity contribution in [1.29, 1.82) is 0 Å². The molecule has 0 atom stereocenters. The second-order valence-corrected chi connectivity index (χ2v) is 3.47. The third-order valence-corrected chi connectivity index (χ3v) is 2.04. The van der Waals surface area contributed by atoms with Crippen LogP contribution in [0.1, 0.15) is 25.3 Å². The fourth-order valence-electron chi connectivity index (χ4n) is 1.28. The van der Waals surface area contributed by atoms with Crippen LogP contribution in [0.25, 0.3) is 0 Å². The van der Waals surface area contributed by atoms with Gasteiger partial charge in [0.15, 0.2) is 0 Å². The van der Waals surface area contributed by atoms with Crippen LogP contribution in [-0.4, -0.2) is 12.6 Å². The number of esters is 1. The van der Waals surface area contributed by atoms with E-state index in [4.69, 9.17) is 10.5 Å². The summed E-state index contributed by atoms with van der Waals surface area (Å²) in [6.07, 6.45) is 1.97. The maximum absolute atomic E-state index is 11.2. The Labute approximate surface area is 90.2 Å². The van der Waals surface area contributed by atoms with E-state index in [1.807, 2.05) is 31.2 Å². The molecule has 0 spiro atoms. The van der Waals surface area contributed by atoms with Crippen molar-refractivity contribution >= 4 is 11.7 Å². The van der Waals surface area contributed by atoms with Crippen LogP contribution in [0, 0.1) is 0 Å². The molecule has 0 aliphatic rings. The number of aryl methyl sites for hydroxylation is 1. The molecular formula is C12H17NO2. The Hall–Kier alpha value is -1.51. The van der Waals surface area contributed by atoms with Gasteiger partial charge in [-0.1, -0.05) is 19.1 Å². The number of ether oxygens (including phenoxy) is 1. The number of nitrogens with two attached hydrogens (primary N) is 1. The monoisotopic (exact) mass is 207 g/mol. The molecule has 0 aliphatic carbocycles. The predicted octanol–water partition coefficient (Wildman–Crippen LogP) is 2.15. The summed E-state index contributed by atoms with van der Waals surface area (Å²) in [6, 6.07) is 7.57. The van der Waals surface area contributed by atoms with E-state index < -0.39 is 0 Å². The first-order valence-electron chi connectivity index (χ1n) is 5.22. The maximum atomic E-state index is 11.2. The quantitative estimate of drug-likeness (QED) is 0.594. The van der Waals surface area contributed by atoms with E-state index in [2.05, 4.69) is 0 Å². The van der Waals surface area contributed by atoms with E-state index >= 15 is 0 Å². The average Bonchev–Trinajstić information content (AvgIpc) is 2.23. The zero-order valence-electron chi connectivity index (χ0n) is 9.03. The van der Waals surface area contributed by atoms with Crippen molar-refractivity contribution in [1.82, 2.24) is 0 Å². The van der Waals surface area contributed by atoms with Gasteiger partial charge in [-0.3, -0.25) is 4.79 Å². The number of anilines is 1. The largest absolute Gasteiger partial charge is 0.466 e. The number of hydrogen-bond donors (Lipinski definition) is 1. The number of carbonyl (C=O) groups is 1. The van der Waals surface area contributed by atoms with Gasteiger partial charge >= 0.3 is 5.97 Å². The van der Waals surface area contributed by atoms with Gasteiger partial charge in [0.05, 0.1) is 6.61 Å². The summed E-state index contributed by atoms with van der Waals surface area (Å²) in [4.78, 5) is 11.2. The summed E-state index contributed by atoms with van der Waals surface area (Å²) >= 11 is 0. The number of nitrogen functional groups attached to an aromatic ring is 1. The summed E-state index contributed by atoms with van der Waals surface area (Å²) in [7, 11) is 0. The van der Waals surface area contributed by atoms with Crippen LogP contribution in [0.3, 0.4) is 0 Å². The Morgan fingerprint density at radius 1 is 1.47 bits per heavy atom. The molecule has 0 saturated carbocycles. The summed E-state index contributed by atoms with van der Waals surface area (Å²) in [5.74, 6) is -0.140. The summed E-state index contributed by atoms with van der Waals surface area (Å²) < 4.78 is 4.97. The normalized spacial score (nSPS) is 9.93. The lowest BCUT2D eigenvalue weighted by Gasteiger charge is -2.03. The molecule has 0 aromatic heterocycles. The average molecular weight is 207 g/mol. The SMILES string of the molecule is CCCOC(=O)CCc1cccc(N)c1. The van der Waals surface area contributed by atoms with Crippen LogP contribution in [-0.2, 0) is 16.0 Å². The summed E-state index contributed by atoms with van der Waals surface area (Å²) in [5.41, 5.74) is 7.43. The van der Waals surface area contributed by atoms with Gasteiger partial charge in [0.2, 0.25) is 0 Å². The first-order valence-corrected chi connectivity index (χ1v) is 5.22. The van der Waals surface area contributed by atoms with E-state index in [0.29, 0.717) is 19.4 Å². The summed E-state index contributed by atoms with van der Waals surface area (Å²) in [6.45, 7) is 2.49. The van der Waals surface area contributed by atoms with Crippen molar-refractivity contribution < 1.29 is 9.53 Å². The van der Waals surface area contributed by atoms with E-state index in [-0.39, 0.29) is 5.97 Å². The Morgan fingerprint density at radius 3 is 2.93 bits per heavy atom. The van der Waals surface area contributed by atoms with Crippen molar-refractivity contribution in [2.45, 2.75) is 26.2 Å². The Balaban J connectivity index is 2.33. The van der Waals surface area contributed by atoms with Crippen LogP contribution in [0.5, 0.6) is 0 Å². The second kappa shape index (κ2) is 6.06. The zero-order chi connectivity index (χ0) is 11.1. The van der Waals surface area contributed by atoms with Crippen molar-refractivity contribution in [2.75, 3.05) is 12.3 Å². The van der Waals surface area contributed by atoms with E-state index in [9.17, 15) is 4.79 Å². The van der Waals surface area contributed by atoms with Crippen LogP contribution in [0.15, 0.2) is 24.3 Å². The molecule has 0 unspecified atom stereocenters. The Morgan fingerprint density at radius 2 is 2.27 bits per heavy atom. The number of hydrogen-bond acceptors (Lipinski definition) is 3. The van der Waals surface area contributed by atoms with Crippen LogP contribution in [0.4, 0.5) is 5.69 Å². The molecule has 0 bridgehead atoms. The molecule has 0 amide bonds. The molecule has 15 heavy (non-hydrogen) atoms. The molecule has 0 aliphatic heterocycles. The fourth-order valence-corrected chi connectivity index (χ4v) is 1.28. The van der Waals surface area contributed by atoms with Crippen LogP contribution < -0.4 is 5.73 Å². The lowest BCUT2D eigenvalue weighted by atomic mass is 10.1. The first-order chi connectivity index (χ1) is 7.22. The molecular weight excluding hydrogens is 190 g/mol. The molecule has 0 heterocycles. The number of rotatable bonds is 5. The predicted molar refractivity (Wildman–Crippen MR) is 60.4 cm³/mol. The van der Waals surface area contributed by atoms with Gasteiger partial charge < -0.3 is 10.5 Å².